The molecule has 0 atom stereocenters. The Balaban J connectivity index is 2.28. The van der Waals surface area contributed by atoms with Crippen molar-refractivity contribution >= 4 is 10.0 Å². The molecule has 0 radical (unpaired) electrons. The molecule has 0 bridgehead atoms. The monoisotopic (exact) mass is 313 g/mol. The van der Waals surface area contributed by atoms with Crippen molar-refractivity contribution in [1.29, 1.82) is 0 Å². The Hall–Kier alpha value is -1.70. The van der Waals surface area contributed by atoms with E-state index in [-0.39, 0.29) is 13.2 Å². The number of furan rings is 1. The van der Waals surface area contributed by atoms with Gasteiger partial charge in [-0.05, 0) is 36.8 Å². The quantitative estimate of drug-likeness (QED) is 0.917. The fraction of sp³-hybridized carbons (Fsp3) is 0.286. The first-order valence-electron chi connectivity index (χ1n) is 6.25. The number of benzene rings is 1. The predicted molar refractivity (Wildman–Crippen MR) is 74.4 cm³/mol. The normalized spacial score (nSPS) is 12.0. The van der Waals surface area contributed by atoms with Crippen molar-refractivity contribution < 1.29 is 22.3 Å². The number of hydrogen-bond donors (Lipinski definition) is 1. The zero-order valence-electron chi connectivity index (χ0n) is 11.7. The van der Waals surface area contributed by atoms with Gasteiger partial charge in [0.2, 0.25) is 10.0 Å². The number of sulfonamides is 1. The lowest BCUT2D eigenvalue weighted by molar-refractivity contribution is 0.281. The molecule has 0 spiro atoms. The SMILES string of the molecule is Cc1ccc(CN(C)S(=O)(=O)c2ccc(CO)cc2F)o1. The van der Waals surface area contributed by atoms with Crippen LogP contribution in [0.4, 0.5) is 4.39 Å². The van der Waals surface area contributed by atoms with Crippen LogP contribution in [0.2, 0.25) is 0 Å². The summed E-state index contributed by atoms with van der Waals surface area (Å²) in [5, 5.41) is 8.92. The van der Waals surface area contributed by atoms with Crippen LogP contribution in [0.15, 0.2) is 39.6 Å². The number of halogens is 1. The summed E-state index contributed by atoms with van der Waals surface area (Å²) in [6.45, 7) is 1.42. The number of aliphatic hydroxyl groups excluding tert-OH is 1. The Kier molecular flexibility index (Phi) is 4.46. The second-order valence-corrected chi connectivity index (χ2v) is 6.71. The van der Waals surface area contributed by atoms with Crippen LogP contribution in [-0.2, 0) is 23.2 Å². The first-order valence-corrected chi connectivity index (χ1v) is 7.69. The highest BCUT2D eigenvalue weighted by atomic mass is 32.2. The predicted octanol–water partition coefficient (Wildman–Crippen LogP) is 2.04. The average molecular weight is 313 g/mol. The second kappa shape index (κ2) is 5.97. The molecule has 0 saturated heterocycles. The molecule has 21 heavy (non-hydrogen) atoms. The van der Waals surface area contributed by atoms with Gasteiger partial charge in [0.1, 0.15) is 22.2 Å². The van der Waals surface area contributed by atoms with Crippen LogP contribution < -0.4 is 0 Å². The Morgan fingerprint density at radius 3 is 2.52 bits per heavy atom. The Bertz CT molecular complexity index is 739. The fourth-order valence-electron chi connectivity index (χ4n) is 1.89. The molecule has 0 aliphatic heterocycles. The maximum atomic E-state index is 13.9. The summed E-state index contributed by atoms with van der Waals surface area (Å²) < 4.78 is 44.9. The highest BCUT2D eigenvalue weighted by Crippen LogP contribution is 2.21. The second-order valence-electron chi connectivity index (χ2n) is 4.70. The van der Waals surface area contributed by atoms with Gasteiger partial charge in [0.15, 0.2) is 0 Å². The summed E-state index contributed by atoms with van der Waals surface area (Å²) in [5.41, 5.74) is 0.316. The van der Waals surface area contributed by atoms with Crippen LogP contribution in [0.25, 0.3) is 0 Å². The topological polar surface area (TPSA) is 70.8 Å². The number of hydrogen-bond acceptors (Lipinski definition) is 4. The van der Waals surface area contributed by atoms with Crippen LogP contribution in [0, 0.1) is 12.7 Å². The van der Waals surface area contributed by atoms with Crippen LogP contribution in [0.3, 0.4) is 0 Å². The van der Waals surface area contributed by atoms with E-state index in [0.29, 0.717) is 17.1 Å². The molecule has 5 nitrogen and oxygen atoms in total. The minimum absolute atomic E-state index is 0.0113. The Morgan fingerprint density at radius 2 is 2.00 bits per heavy atom. The molecule has 7 heteroatoms. The molecule has 0 unspecified atom stereocenters. The molecule has 1 heterocycles. The van der Waals surface area contributed by atoms with Crippen molar-refractivity contribution in [2.24, 2.45) is 0 Å². The summed E-state index contributed by atoms with van der Waals surface area (Å²) in [4.78, 5) is -0.425. The first kappa shape index (κ1) is 15.7. The molecule has 1 N–H and O–H groups in total. The lowest BCUT2D eigenvalue weighted by Crippen LogP contribution is -2.27. The van der Waals surface area contributed by atoms with Crippen LogP contribution in [0.5, 0.6) is 0 Å². The molecular weight excluding hydrogens is 297 g/mol. The summed E-state index contributed by atoms with van der Waals surface area (Å²) in [5.74, 6) is 0.268. The van der Waals surface area contributed by atoms with Gasteiger partial charge in [-0.2, -0.15) is 4.31 Å². The van der Waals surface area contributed by atoms with Crippen molar-refractivity contribution in [3.05, 3.63) is 53.2 Å². The number of aliphatic hydroxyl groups is 1. The van der Waals surface area contributed by atoms with Crippen molar-refractivity contribution in [3.8, 4) is 0 Å². The highest BCUT2D eigenvalue weighted by molar-refractivity contribution is 7.89. The highest BCUT2D eigenvalue weighted by Gasteiger charge is 2.25. The van der Waals surface area contributed by atoms with Gasteiger partial charge < -0.3 is 9.52 Å². The summed E-state index contributed by atoms with van der Waals surface area (Å²) >= 11 is 0. The van der Waals surface area contributed by atoms with Gasteiger partial charge in [-0.25, -0.2) is 12.8 Å². The zero-order chi connectivity index (χ0) is 15.6. The summed E-state index contributed by atoms with van der Waals surface area (Å²) in [6, 6.07) is 6.94. The van der Waals surface area contributed by atoms with E-state index in [1.165, 1.54) is 13.1 Å². The third-order valence-electron chi connectivity index (χ3n) is 3.04. The van der Waals surface area contributed by atoms with Crippen molar-refractivity contribution in [1.82, 2.24) is 4.31 Å². The lowest BCUT2D eigenvalue weighted by atomic mass is 10.2. The number of nitrogens with zero attached hydrogens (tertiary/aromatic N) is 1. The largest absolute Gasteiger partial charge is 0.465 e. The van der Waals surface area contributed by atoms with Gasteiger partial charge in [-0.3, -0.25) is 0 Å². The van der Waals surface area contributed by atoms with E-state index in [9.17, 15) is 12.8 Å². The first-order chi connectivity index (χ1) is 9.84. The van der Waals surface area contributed by atoms with E-state index >= 15 is 0 Å². The Morgan fingerprint density at radius 1 is 1.29 bits per heavy atom. The molecular formula is C14H16FNO4S. The molecule has 2 rings (SSSR count). The molecule has 0 aliphatic rings. The van der Waals surface area contributed by atoms with E-state index in [4.69, 9.17) is 9.52 Å². The van der Waals surface area contributed by atoms with Crippen molar-refractivity contribution in [3.63, 3.8) is 0 Å². The number of aryl methyl sites for hydroxylation is 1. The third-order valence-corrected chi connectivity index (χ3v) is 4.88. The van der Waals surface area contributed by atoms with E-state index in [1.54, 1.807) is 19.1 Å². The van der Waals surface area contributed by atoms with Gasteiger partial charge in [-0.15, -0.1) is 0 Å². The number of rotatable bonds is 5. The van der Waals surface area contributed by atoms with Crippen LogP contribution in [0.1, 0.15) is 17.1 Å². The molecule has 114 valence electrons. The van der Waals surface area contributed by atoms with Crippen molar-refractivity contribution in [2.75, 3.05) is 7.05 Å². The Labute approximate surface area is 122 Å². The fourth-order valence-corrected chi connectivity index (χ4v) is 3.07. The lowest BCUT2D eigenvalue weighted by Gasteiger charge is -2.16. The molecule has 0 saturated carbocycles. The molecule has 0 fully saturated rings. The van der Waals surface area contributed by atoms with E-state index in [0.717, 1.165) is 16.4 Å². The van der Waals surface area contributed by atoms with Crippen LogP contribution >= 0.6 is 0 Å². The van der Waals surface area contributed by atoms with E-state index in [1.807, 2.05) is 0 Å². The zero-order valence-corrected chi connectivity index (χ0v) is 12.5. The minimum atomic E-state index is -3.97. The molecule has 1 aromatic carbocycles. The molecule has 1 aromatic heterocycles. The van der Waals surface area contributed by atoms with Crippen molar-refractivity contribution in [2.45, 2.75) is 25.0 Å². The van der Waals surface area contributed by atoms with Gasteiger partial charge in [-0.1, -0.05) is 6.07 Å². The molecule has 0 aliphatic carbocycles. The average Bonchev–Trinajstić information content (AvgIpc) is 2.83. The molecule has 2 aromatic rings. The van der Waals surface area contributed by atoms with Gasteiger partial charge >= 0.3 is 0 Å². The van der Waals surface area contributed by atoms with Gasteiger partial charge in [0, 0.05) is 7.05 Å². The van der Waals surface area contributed by atoms with E-state index < -0.39 is 20.7 Å². The van der Waals surface area contributed by atoms with Gasteiger partial charge in [0.05, 0.1) is 13.2 Å². The van der Waals surface area contributed by atoms with Crippen LogP contribution in [-0.4, -0.2) is 24.9 Å². The molecule has 0 amide bonds. The third kappa shape index (κ3) is 3.31. The summed E-state index contributed by atoms with van der Waals surface area (Å²) in [7, 11) is -2.61. The summed E-state index contributed by atoms with van der Waals surface area (Å²) in [6.07, 6.45) is 0. The standard InChI is InChI=1S/C14H16FNO4S/c1-10-3-5-12(20-10)8-16(2)21(18,19)14-6-4-11(9-17)7-13(14)15/h3-7,17H,8-9H2,1-2H3. The maximum Gasteiger partial charge on any atom is 0.246 e. The van der Waals surface area contributed by atoms with Gasteiger partial charge in [0.25, 0.3) is 0 Å². The van der Waals surface area contributed by atoms with E-state index in [2.05, 4.69) is 0 Å². The minimum Gasteiger partial charge on any atom is -0.465 e. The smallest absolute Gasteiger partial charge is 0.246 e. The maximum absolute atomic E-state index is 13.9.